The first kappa shape index (κ1) is 13.1. The second-order valence-corrected chi connectivity index (χ2v) is 4.71. The zero-order valence-corrected chi connectivity index (χ0v) is 11.0. The lowest BCUT2D eigenvalue weighted by Gasteiger charge is -2.16. The molecule has 0 spiro atoms. The van der Waals surface area contributed by atoms with Crippen molar-refractivity contribution < 1.29 is 8.91 Å². The molecular formula is C13H14ClFN2O. The minimum Gasteiger partial charge on any atom is -0.361 e. The quantitative estimate of drug-likeness (QED) is 0.851. The molecule has 5 heteroatoms. The molecule has 0 atom stereocenters. The van der Waals surface area contributed by atoms with Crippen LogP contribution >= 0.6 is 11.6 Å². The molecule has 0 bridgehead atoms. The van der Waals surface area contributed by atoms with Gasteiger partial charge in [0.05, 0.1) is 5.69 Å². The topological polar surface area (TPSA) is 29.3 Å². The van der Waals surface area contributed by atoms with E-state index in [9.17, 15) is 4.39 Å². The van der Waals surface area contributed by atoms with Gasteiger partial charge in [-0.05, 0) is 26.1 Å². The van der Waals surface area contributed by atoms with Gasteiger partial charge in [0.2, 0.25) is 0 Å². The number of hydrogen-bond acceptors (Lipinski definition) is 3. The molecule has 0 unspecified atom stereocenters. The number of halogens is 2. The van der Waals surface area contributed by atoms with Gasteiger partial charge in [0.25, 0.3) is 0 Å². The van der Waals surface area contributed by atoms with Gasteiger partial charge in [-0.3, -0.25) is 4.90 Å². The minimum absolute atomic E-state index is 0.286. The number of rotatable bonds is 4. The first-order valence-corrected chi connectivity index (χ1v) is 5.97. The SMILES string of the molecule is Cc1cc(CN(C)Cc2c(F)cccc2Cl)no1. The van der Waals surface area contributed by atoms with E-state index in [1.165, 1.54) is 6.07 Å². The average Bonchev–Trinajstić information content (AvgIpc) is 2.69. The summed E-state index contributed by atoms with van der Waals surface area (Å²) in [6.45, 7) is 2.85. The summed E-state index contributed by atoms with van der Waals surface area (Å²) in [5.74, 6) is 0.480. The van der Waals surface area contributed by atoms with Crippen LogP contribution in [-0.4, -0.2) is 17.1 Å². The molecule has 0 aliphatic heterocycles. The van der Waals surface area contributed by atoms with Crippen molar-refractivity contribution in [3.63, 3.8) is 0 Å². The number of nitrogens with zero attached hydrogens (tertiary/aromatic N) is 2. The molecule has 3 nitrogen and oxygen atoms in total. The van der Waals surface area contributed by atoms with Crippen LogP contribution in [0, 0.1) is 12.7 Å². The highest BCUT2D eigenvalue weighted by atomic mass is 35.5. The normalized spacial score (nSPS) is 11.2. The zero-order chi connectivity index (χ0) is 13.1. The summed E-state index contributed by atoms with van der Waals surface area (Å²) in [5, 5.41) is 4.34. The lowest BCUT2D eigenvalue weighted by molar-refractivity contribution is 0.298. The van der Waals surface area contributed by atoms with Gasteiger partial charge in [-0.1, -0.05) is 22.8 Å². The zero-order valence-electron chi connectivity index (χ0n) is 10.3. The van der Waals surface area contributed by atoms with Crippen molar-refractivity contribution in [2.45, 2.75) is 20.0 Å². The van der Waals surface area contributed by atoms with Crippen molar-refractivity contribution in [1.29, 1.82) is 0 Å². The minimum atomic E-state index is -0.286. The second-order valence-electron chi connectivity index (χ2n) is 4.30. The Morgan fingerprint density at radius 1 is 1.39 bits per heavy atom. The van der Waals surface area contributed by atoms with Gasteiger partial charge in [0, 0.05) is 29.7 Å². The van der Waals surface area contributed by atoms with Crippen LogP contribution in [-0.2, 0) is 13.1 Å². The molecular weight excluding hydrogens is 255 g/mol. The fourth-order valence-corrected chi connectivity index (χ4v) is 2.00. The van der Waals surface area contributed by atoms with Crippen LogP contribution in [0.2, 0.25) is 5.02 Å². The van der Waals surface area contributed by atoms with Crippen molar-refractivity contribution >= 4 is 11.6 Å². The molecule has 1 aromatic carbocycles. The standard InChI is InChI=1S/C13H14ClFN2O/c1-9-6-10(16-18-9)7-17(2)8-11-12(14)4-3-5-13(11)15/h3-6H,7-8H2,1-2H3. The van der Waals surface area contributed by atoms with Crippen molar-refractivity contribution in [2.75, 3.05) is 7.05 Å². The third-order valence-corrected chi connectivity index (χ3v) is 2.95. The van der Waals surface area contributed by atoms with E-state index in [1.54, 1.807) is 12.1 Å². The maximum Gasteiger partial charge on any atom is 0.133 e. The van der Waals surface area contributed by atoms with Gasteiger partial charge < -0.3 is 4.52 Å². The molecule has 0 saturated heterocycles. The summed E-state index contributed by atoms with van der Waals surface area (Å²) in [5.41, 5.74) is 1.32. The van der Waals surface area contributed by atoms with Gasteiger partial charge in [-0.2, -0.15) is 0 Å². The molecule has 0 saturated carbocycles. The molecule has 0 amide bonds. The van der Waals surface area contributed by atoms with Crippen LogP contribution in [0.15, 0.2) is 28.8 Å². The molecule has 2 aromatic rings. The first-order valence-electron chi connectivity index (χ1n) is 5.60. The van der Waals surface area contributed by atoms with Crippen molar-refractivity contribution in [2.24, 2.45) is 0 Å². The highest BCUT2D eigenvalue weighted by Crippen LogP contribution is 2.20. The van der Waals surface area contributed by atoms with Crippen molar-refractivity contribution in [1.82, 2.24) is 10.1 Å². The van der Waals surface area contributed by atoms with Gasteiger partial charge in [-0.15, -0.1) is 0 Å². The van der Waals surface area contributed by atoms with Gasteiger partial charge in [-0.25, -0.2) is 4.39 Å². The Bertz CT molecular complexity index is 521. The number of hydrogen-bond donors (Lipinski definition) is 0. The Balaban J connectivity index is 2.05. The van der Waals surface area contributed by atoms with Crippen molar-refractivity contribution in [3.8, 4) is 0 Å². The van der Waals surface area contributed by atoms with Crippen LogP contribution in [0.1, 0.15) is 17.0 Å². The van der Waals surface area contributed by atoms with E-state index in [0.717, 1.165) is 11.5 Å². The van der Waals surface area contributed by atoms with Crippen LogP contribution in [0.25, 0.3) is 0 Å². The Morgan fingerprint density at radius 3 is 2.78 bits per heavy atom. The van der Waals surface area contributed by atoms with Crippen LogP contribution in [0.5, 0.6) is 0 Å². The predicted molar refractivity (Wildman–Crippen MR) is 67.8 cm³/mol. The van der Waals surface area contributed by atoms with E-state index >= 15 is 0 Å². The van der Waals surface area contributed by atoms with E-state index in [4.69, 9.17) is 16.1 Å². The van der Waals surface area contributed by atoms with E-state index < -0.39 is 0 Å². The molecule has 18 heavy (non-hydrogen) atoms. The number of aryl methyl sites for hydroxylation is 1. The van der Waals surface area contributed by atoms with E-state index in [-0.39, 0.29) is 5.82 Å². The summed E-state index contributed by atoms with van der Waals surface area (Å²) in [7, 11) is 1.88. The van der Waals surface area contributed by atoms with Gasteiger partial charge in [0.1, 0.15) is 11.6 Å². The van der Waals surface area contributed by atoms with E-state index in [1.807, 2.05) is 24.9 Å². The second kappa shape index (κ2) is 5.50. The Hall–Kier alpha value is -1.39. The van der Waals surface area contributed by atoms with Crippen molar-refractivity contribution in [3.05, 3.63) is 52.1 Å². The lowest BCUT2D eigenvalue weighted by Crippen LogP contribution is -2.18. The Morgan fingerprint density at radius 2 is 2.17 bits per heavy atom. The lowest BCUT2D eigenvalue weighted by atomic mass is 10.2. The fourth-order valence-electron chi connectivity index (χ4n) is 1.78. The summed E-state index contributed by atoms with van der Waals surface area (Å²) < 4.78 is 18.6. The first-order chi connectivity index (χ1) is 8.56. The third kappa shape index (κ3) is 3.09. The summed E-state index contributed by atoms with van der Waals surface area (Å²) in [6.07, 6.45) is 0. The molecule has 0 radical (unpaired) electrons. The van der Waals surface area contributed by atoms with Crippen LogP contribution < -0.4 is 0 Å². The van der Waals surface area contributed by atoms with E-state index in [2.05, 4.69) is 5.16 Å². The Kier molecular flexibility index (Phi) is 3.99. The van der Waals surface area contributed by atoms with Crippen LogP contribution in [0.4, 0.5) is 4.39 Å². The smallest absolute Gasteiger partial charge is 0.133 e. The van der Waals surface area contributed by atoms with E-state index in [0.29, 0.717) is 23.7 Å². The third-order valence-electron chi connectivity index (χ3n) is 2.60. The van der Waals surface area contributed by atoms with Gasteiger partial charge in [0.15, 0.2) is 0 Å². The largest absolute Gasteiger partial charge is 0.361 e. The Labute approximate surface area is 110 Å². The number of aromatic nitrogens is 1. The molecule has 1 heterocycles. The maximum absolute atomic E-state index is 13.6. The highest BCUT2D eigenvalue weighted by Gasteiger charge is 2.11. The predicted octanol–water partition coefficient (Wildman–Crippen LogP) is 3.41. The highest BCUT2D eigenvalue weighted by molar-refractivity contribution is 6.31. The number of benzene rings is 1. The monoisotopic (exact) mass is 268 g/mol. The summed E-state index contributed by atoms with van der Waals surface area (Å²) >= 11 is 5.98. The maximum atomic E-state index is 13.6. The molecule has 2 rings (SSSR count). The van der Waals surface area contributed by atoms with Gasteiger partial charge >= 0.3 is 0 Å². The molecule has 0 N–H and O–H groups in total. The molecule has 0 aliphatic carbocycles. The summed E-state index contributed by atoms with van der Waals surface area (Å²) in [4.78, 5) is 1.93. The fraction of sp³-hybridized carbons (Fsp3) is 0.308. The molecule has 0 fully saturated rings. The summed E-state index contributed by atoms with van der Waals surface area (Å²) in [6, 6.07) is 6.56. The molecule has 0 aliphatic rings. The average molecular weight is 269 g/mol. The molecule has 96 valence electrons. The van der Waals surface area contributed by atoms with Crippen LogP contribution in [0.3, 0.4) is 0 Å². The molecule has 1 aromatic heterocycles.